The van der Waals surface area contributed by atoms with Crippen molar-refractivity contribution in [2.75, 3.05) is 0 Å². The Labute approximate surface area is 541 Å². The Kier molecular flexibility index (Phi) is 12.5. The van der Waals surface area contributed by atoms with E-state index >= 15 is 0 Å². The molecule has 0 aliphatic carbocycles. The molecule has 1 aliphatic rings. The maximum Gasteiger partial charge on any atom is 0.251 e. The topological polar surface area (TPSA) is 28.9 Å². The Morgan fingerprint density at radius 3 is 0.882 bits per heavy atom. The van der Waals surface area contributed by atoms with E-state index in [1.54, 1.807) is 0 Å². The molecular formula is C87H67BN4O. The van der Waals surface area contributed by atoms with Crippen LogP contribution in [0, 0.1) is 0 Å². The molecule has 18 rings (SSSR count). The van der Waals surface area contributed by atoms with Crippen molar-refractivity contribution in [3.8, 4) is 56.5 Å². The number of ether oxygens (including phenoxy) is 1. The van der Waals surface area contributed by atoms with E-state index in [4.69, 9.17) is 4.74 Å². The van der Waals surface area contributed by atoms with Crippen molar-refractivity contribution >= 4 is 110 Å². The van der Waals surface area contributed by atoms with E-state index in [0.29, 0.717) is 5.92 Å². The molecule has 0 spiro atoms. The number of hydrogen-bond donors (Lipinski definition) is 0. The van der Waals surface area contributed by atoms with Crippen LogP contribution in [0.1, 0.15) is 76.0 Å². The van der Waals surface area contributed by atoms with Gasteiger partial charge in [-0.2, -0.15) is 0 Å². The number of hydrogen-bond acceptors (Lipinski definition) is 1. The molecule has 13 aromatic carbocycles. The minimum atomic E-state index is -0.149. The zero-order valence-corrected chi connectivity index (χ0v) is 53.1. The summed E-state index contributed by atoms with van der Waals surface area (Å²) < 4.78 is 17.0. The molecule has 0 atom stereocenters. The summed E-state index contributed by atoms with van der Waals surface area (Å²) in [5, 5.41) is 9.86. The lowest BCUT2D eigenvalue weighted by Gasteiger charge is -2.33. The van der Waals surface area contributed by atoms with Gasteiger partial charge in [0.1, 0.15) is 11.5 Å². The normalized spacial score (nSPS) is 12.5. The van der Waals surface area contributed by atoms with Gasteiger partial charge < -0.3 is 23.0 Å². The molecule has 444 valence electrons. The summed E-state index contributed by atoms with van der Waals surface area (Å²) in [5.74, 6) is 2.69. The second-order valence-corrected chi connectivity index (χ2v) is 26.6. The highest BCUT2D eigenvalue weighted by Gasteiger charge is 2.38. The number of fused-ring (bicyclic) bond motifs is 14. The van der Waals surface area contributed by atoms with Crippen LogP contribution < -0.4 is 21.1 Å². The average Bonchev–Trinajstić information content (AvgIpc) is 1.21. The molecule has 5 nitrogen and oxygen atoms in total. The third kappa shape index (κ3) is 8.54. The van der Waals surface area contributed by atoms with E-state index in [0.717, 1.165) is 45.3 Å². The lowest BCUT2D eigenvalue weighted by molar-refractivity contribution is 0.487. The van der Waals surface area contributed by atoms with Crippen molar-refractivity contribution < 1.29 is 4.74 Å². The molecule has 93 heavy (non-hydrogen) atoms. The lowest BCUT2D eigenvalue weighted by Crippen LogP contribution is -2.57. The molecule has 5 heterocycles. The number of rotatable bonds is 10. The molecule has 1 aliphatic heterocycles. The average molecular weight is 1200 g/mol. The van der Waals surface area contributed by atoms with Gasteiger partial charge in [-0.1, -0.05) is 193 Å². The van der Waals surface area contributed by atoms with E-state index in [1.165, 1.54) is 132 Å². The van der Waals surface area contributed by atoms with E-state index < -0.39 is 0 Å². The number of benzene rings is 13. The van der Waals surface area contributed by atoms with Crippen LogP contribution in [0.5, 0.6) is 11.5 Å². The molecule has 0 saturated carbocycles. The van der Waals surface area contributed by atoms with Crippen LogP contribution in [0.3, 0.4) is 0 Å². The van der Waals surface area contributed by atoms with Crippen molar-refractivity contribution in [1.29, 1.82) is 0 Å². The maximum atomic E-state index is 7.26. The first-order valence-corrected chi connectivity index (χ1v) is 33.0. The number of nitrogens with zero attached hydrogens (tertiary/aromatic N) is 4. The maximum absolute atomic E-state index is 7.26. The molecule has 0 amide bonds. The van der Waals surface area contributed by atoms with Crippen LogP contribution in [0.25, 0.3) is 132 Å². The lowest BCUT2D eigenvalue weighted by atomic mass is 9.33. The quantitative estimate of drug-likeness (QED) is 0.125. The highest BCUT2D eigenvalue weighted by atomic mass is 16.5. The standard InChI is InChI=1S/C87H67BN4O/c1-53(2)60-49-69(54(3)4)87(70(50-60)55(5)6)88-75-51-63(91-79-31-19-15-27-67(79)73-47-58(35-41-83(73)91)56-33-39-81-71(45-56)65-25-13-17-29-77(65)89(81)61-21-9-7-10-22-61)37-43-85(75)93-86-44-38-64(52-76(86)88)92-80-32-20-16-28-68(80)74-48-59(36-42-84(74)92)57-34-40-82-72(46-57)66-26-14-18-30-78(66)90(82)62-23-11-8-12-24-62/h7-55H,1-6H3. The van der Waals surface area contributed by atoms with Gasteiger partial charge in [0.05, 0.1) is 44.1 Å². The summed E-state index contributed by atoms with van der Waals surface area (Å²) in [5.41, 5.74) is 26.6. The van der Waals surface area contributed by atoms with Crippen LogP contribution in [0.4, 0.5) is 0 Å². The van der Waals surface area contributed by atoms with Crippen LogP contribution in [0.2, 0.25) is 0 Å². The van der Waals surface area contributed by atoms with Gasteiger partial charge in [-0.3, -0.25) is 0 Å². The fourth-order valence-electron chi connectivity index (χ4n) is 15.8. The van der Waals surface area contributed by atoms with Crippen molar-refractivity contribution in [1.82, 2.24) is 18.3 Å². The summed E-state index contributed by atoms with van der Waals surface area (Å²) in [7, 11) is 0. The predicted octanol–water partition coefficient (Wildman–Crippen LogP) is 21.4. The summed E-state index contributed by atoms with van der Waals surface area (Å²) in [6, 6.07) is 104. The SMILES string of the molecule is CC(C)c1cc(C(C)C)c(B2c3cc(-n4c5ccccc5c5cc(-c6ccc7c(c6)c6ccccc6n7-c6ccccc6)ccc54)ccc3Oc3ccc(-n4c5ccccc5c5cc(-c6ccc7c(c6)c6ccccc6n7-c6ccccc6)ccc54)cc32)c(C(C)C)c1. The molecular weight excluding hydrogens is 1130 g/mol. The van der Waals surface area contributed by atoms with Crippen LogP contribution in [-0.4, -0.2) is 25.0 Å². The summed E-state index contributed by atoms with van der Waals surface area (Å²) >= 11 is 0. The van der Waals surface area contributed by atoms with E-state index in [9.17, 15) is 0 Å². The molecule has 17 aromatic rings. The zero-order chi connectivity index (χ0) is 62.3. The van der Waals surface area contributed by atoms with Crippen molar-refractivity contribution in [2.45, 2.75) is 59.3 Å². The molecule has 0 saturated heterocycles. The minimum Gasteiger partial charge on any atom is -0.458 e. The third-order valence-electron chi connectivity index (χ3n) is 20.2. The van der Waals surface area contributed by atoms with Gasteiger partial charge in [0.15, 0.2) is 0 Å². The second-order valence-electron chi connectivity index (χ2n) is 26.6. The monoisotopic (exact) mass is 1190 g/mol. The molecule has 0 unspecified atom stereocenters. The first-order chi connectivity index (χ1) is 45.6. The fraction of sp³-hybridized carbons (Fsp3) is 0.103. The Morgan fingerprint density at radius 1 is 0.258 bits per heavy atom. The smallest absolute Gasteiger partial charge is 0.251 e. The van der Waals surface area contributed by atoms with Gasteiger partial charge in [-0.15, -0.1) is 0 Å². The van der Waals surface area contributed by atoms with E-state index in [2.05, 4.69) is 339 Å². The first kappa shape index (κ1) is 54.8. The van der Waals surface area contributed by atoms with Crippen LogP contribution in [-0.2, 0) is 0 Å². The summed E-state index contributed by atoms with van der Waals surface area (Å²) in [6.45, 7) is 14.0. The molecule has 0 N–H and O–H groups in total. The fourth-order valence-corrected chi connectivity index (χ4v) is 15.8. The van der Waals surface area contributed by atoms with Gasteiger partial charge >= 0.3 is 0 Å². The van der Waals surface area contributed by atoms with Gasteiger partial charge in [0, 0.05) is 65.8 Å². The van der Waals surface area contributed by atoms with Crippen molar-refractivity contribution in [3.05, 3.63) is 296 Å². The third-order valence-corrected chi connectivity index (χ3v) is 20.2. The Balaban J connectivity index is 0.795. The van der Waals surface area contributed by atoms with Crippen LogP contribution in [0.15, 0.2) is 279 Å². The Hall–Kier alpha value is -11.1. The molecule has 6 heteroatoms. The van der Waals surface area contributed by atoms with Gasteiger partial charge in [-0.05, 0) is 201 Å². The Bertz CT molecular complexity index is 5540. The Morgan fingerprint density at radius 2 is 0.559 bits per heavy atom. The molecule has 4 aromatic heterocycles. The van der Waals surface area contributed by atoms with Gasteiger partial charge in [0.2, 0.25) is 0 Å². The predicted molar refractivity (Wildman–Crippen MR) is 395 cm³/mol. The zero-order valence-electron chi connectivity index (χ0n) is 53.1. The largest absolute Gasteiger partial charge is 0.458 e. The van der Waals surface area contributed by atoms with Crippen molar-refractivity contribution in [2.24, 2.45) is 0 Å². The minimum absolute atomic E-state index is 0.149. The van der Waals surface area contributed by atoms with E-state index in [1.807, 2.05) is 0 Å². The second kappa shape index (κ2) is 21.3. The highest BCUT2D eigenvalue weighted by Crippen LogP contribution is 2.43. The summed E-state index contributed by atoms with van der Waals surface area (Å²) in [6.07, 6.45) is 0. The van der Waals surface area contributed by atoms with Crippen LogP contribution >= 0.6 is 0 Å². The first-order valence-electron chi connectivity index (χ1n) is 33.0. The van der Waals surface area contributed by atoms with Gasteiger partial charge in [-0.25, -0.2) is 0 Å². The van der Waals surface area contributed by atoms with Crippen molar-refractivity contribution in [3.63, 3.8) is 0 Å². The molecule has 0 radical (unpaired) electrons. The molecule has 0 fully saturated rings. The van der Waals surface area contributed by atoms with E-state index in [-0.39, 0.29) is 18.5 Å². The summed E-state index contributed by atoms with van der Waals surface area (Å²) in [4.78, 5) is 0. The van der Waals surface area contributed by atoms with Gasteiger partial charge in [0.25, 0.3) is 6.71 Å². The number of aromatic nitrogens is 4. The molecule has 0 bridgehead atoms. The number of para-hydroxylation sites is 6. The highest BCUT2D eigenvalue weighted by molar-refractivity contribution is 6.97.